The predicted octanol–water partition coefficient (Wildman–Crippen LogP) is 9.65. The SMILES string of the molecule is CC(C)(C)c1cc(Br)c(O)c(-c2ccc3ccc4ccc(-c5cc(C(C)(C)C)cc(Br)c5O)nc4c3n2)c1. The highest BCUT2D eigenvalue weighted by molar-refractivity contribution is 9.11. The number of hydrogen-bond acceptors (Lipinski definition) is 4. The number of hydrogen-bond donors (Lipinski definition) is 2. The second-order valence-electron chi connectivity index (χ2n) is 11.8. The third kappa shape index (κ3) is 4.80. The van der Waals surface area contributed by atoms with Gasteiger partial charge in [0.05, 0.1) is 31.4 Å². The van der Waals surface area contributed by atoms with Crippen LogP contribution in [0.15, 0.2) is 69.6 Å². The number of fused-ring (bicyclic) bond motifs is 3. The molecule has 0 saturated carbocycles. The third-order valence-electron chi connectivity index (χ3n) is 6.93. The van der Waals surface area contributed by atoms with Crippen LogP contribution >= 0.6 is 31.9 Å². The van der Waals surface area contributed by atoms with Crippen LogP contribution in [0.4, 0.5) is 0 Å². The van der Waals surface area contributed by atoms with E-state index in [0.29, 0.717) is 31.5 Å². The molecule has 0 amide bonds. The Morgan fingerprint density at radius 1 is 0.553 bits per heavy atom. The van der Waals surface area contributed by atoms with Gasteiger partial charge >= 0.3 is 0 Å². The second-order valence-corrected chi connectivity index (χ2v) is 13.5. The molecule has 0 atom stereocenters. The van der Waals surface area contributed by atoms with Crippen molar-refractivity contribution in [1.29, 1.82) is 0 Å². The fourth-order valence-corrected chi connectivity index (χ4v) is 5.44. The number of halogens is 2. The van der Waals surface area contributed by atoms with Crippen molar-refractivity contribution in [1.82, 2.24) is 9.97 Å². The van der Waals surface area contributed by atoms with Gasteiger partial charge in [0.15, 0.2) is 0 Å². The van der Waals surface area contributed by atoms with E-state index in [1.807, 2.05) is 60.7 Å². The van der Waals surface area contributed by atoms with Gasteiger partial charge in [-0.1, -0.05) is 65.8 Å². The van der Waals surface area contributed by atoms with E-state index in [9.17, 15) is 10.2 Å². The molecule has 4 nitrogen and oxygen atoms in total. The van der Waals surface area contributed by atoms with Crippen LogP contribution in [0.2, 0.25) is 0 Å². The summed E-state index contributed by atoms with van der Waals surface area (Å²) in [5, 5.41) is 23.8. The lowest BCUT2D eigenvalue weighted by Gasteiger charge is -2.21. The largest absolute Gasteiger partial charge is 0.506 e. The lowest BCUT2D eigenvalue weighted by molar-refractivity contribution is 0.472. The van der Waals surface area contributed by atoms with Crippen molar-refractivity contribution < 1.29 is 10.2 Å². The average molecular weight is 634 g/mol. The van der Waals surface area contributed by atoms with Gasteiger partial charge in [-0.15, -0.1) is 0 Å². The van der Waals surface area contributed by atoms with Crippen LogP contribution < -0.4 is 0 Å². The van der Waals surface area contributed by atoms with Crippen molar-refractivity contribution in [2.75, 3.05) is 0 Å². The zero-order valence-electron chi connectivity index (χ0n) is 22.3. The minimum Gasteiger partial charge on any atom is -0.506 e. The summed E-state index contributed by atoms with van der Waals surface area (Å²) in [5.41, 5.74) is 6.15. The Morgan fingerprint density at radius 3 is 1.24 bits per heavy atom. The quantitative estimate of drug-likeness (QED) is 0.190. The summed E-state index contributed by atoms with van der Waals surface area (Å²) >= 11 is 7.05. The van der Waals surface area contributed by atoms with E-state index in [0.717, 1.165) is 32.9 Å². The first-order valence-corrected chi connectivity index (χ1v) is 14.1. The normalized spacial score (nSPS) is 12.4. The first kappa shape index (κ1) is 26.6. The number of nitrogens with zero attached hydrogens (tertiary/aromatic N) is 2. The molecule has 0 aliphatic carbocycles. The Kier molecular flexibility index (Phi) is 6.56. The van der Waals surface area contributed by atoms with Gasteiger partial charge in [0.25, 0.3) is 0 Å². The zero-order valence-corrected chi connectivity index (χ0v) is 25.5. The molecule has 2 aromatic heterocycles. The molecule has 2 N–H and O–H groups in total. The van der Waals surface area contributed by atoms with Crippen molar-refractivity contribution in [2.45, 2.75) is 52.4 Å². The van der Waals surface area contributed by atoms with Crippen LogP contribution in [0.3, 0.4) is 0 Å². The molecule has 0 aliphatic rings. The summed E-state index contributed by atoms with van der Waals surface area (Å²) in [5.74, 6) is 0.319. The van der Waals surface area contributed by atoms with Crippen molar-refractivity contribution in [2.24, 2.45) is 0 Å². The lowest BCUT2D eigenvalue weighted by Crippen LogP contribution is -2.11. The van der Waals surface area contributed by atoms with Crippen molar-refractivity contribution in [3.63, 3.8) is 0 Å². The Hall–Kier alpha value is -2.96. The Labute approximate surface area is 240 Å². The molecule has 0 saturated heterocycles. The molecule has 0 unspecified atom stereocenters. The minimum atomic E-state index is -0.0944. The molecule has 5 aromatic rings. The summed E-state index contributed by atoms with van der Waals surface area (Å²) in [7, 11) is 0. The summed E-state index contributed by atoms with van der Waals surface area (Å²) in [6.45, 7) is 12.9. The average Bonchev–Trinajstić information content (AvgIpc) is 2.85. The predicted molar refractivity (Wildman–Crippen MR) is 164 cm³/mol. The van der Waals surface area contributed by atoms with E-state index in [2.05, 4.69) is 73.4 Å². The summed E-state index contributed by atoms with van der Waals surface area (Å²) in [6, 6.07) is 19.9. The molecule has 0 spiro atoms. The molecule has 6 heteroatoms. The van der Waals surface area contributed by atoms with E-state index >= 15 is 0 Å². The van der Waals surface area contributed by atoms with E-state index in [1.54, 1.807) is 0 Å². The number of pyridine rings is 2. The molecule has 38 heavy (non-hydrogen) atoms. The summed E-state index contributed by atoms with van der Waals surface area (Å²) in [4.78, 5) is 10.0. The van der Waals surface area contributed by atoms with Crippen LogP contribution in [-0.4, -0.2) is 20.2 Å². The summed E-state index contributed by atoms with van der Waals surface area (Å²) < 4.78 is 1.28. The van der Waals surface area contributed by atoms with Gasteiger partial charge in [-0.05, 0) is 90.2 Å². The highest BCUT2D eigenvalue weighted by atomic mass is 79.9. The maximum absolute atomic E-state index is 10.9. The molecular weight excluding hydrogens is 604 g/mol. The molecule has 194 valence electrons. The number of phenols is 2. The number of aromatic nitrogens is 2. The summed E-state index contributed by atoms with van der Waals surface area (Å²) in [6.07, 6.45) is 0. The topological polar surface area (TPSA) is 66.2 Å². The molecule has 0 fully saturated rings. The number of phenolic OH excluding ortho intramolecular Hbond substituents is 2. The van der Waals surface area contributed by atoms with E-state index in [4.69, 9.17) is 9.97 Å². The monoisotopic (exact) mass is 632 g/mol. The molecule has 5 rings (SSSR count). The molecule has 3 aromatic carbocycles. The highest BCUT2D eigenvalue weighted by Gasteiger charge is 2.21. The minimum absolute atomic E-state index is 0.0944. The van der Waals surface area contributed by atoms with Gasteiger partial charge in [-0.2, -0.15) is 0 Å². The molecule has 0 bridgehead atoms. The van der Waals surface area contributed by atoms with E-state index in [-0.39, 0.29) is 22.3 Å². The van der Waals surface area contributed by atoms with Gasteiger partial charge in [0.2, 0.25) is 0 Å². The number of benzene rings is 3. The molecule has 0 aliphatic heterocycles. The van der Waals surface area contributed by atoms with Gasteiger partial charge in [-0.3, -0.25) is 0 Å². The maximum Gasteiger partial charge on any atom is 0.139 e. The van der Waals surface area contributed by atoms with Crippen molar-refractivity contribution in [3.8, 4) is 34.0 Å². The van der Waals surface area contributed by atoms with Crippen molar-refractivity contribution in [3.05, 3.63) is 80.7 Å². The van der Waals surface area contributed by atoms with Crippen LogP contribution in [0, 0.1) is 0 Å². The molecule has 2 heterocycles. The van der Waals surface area contributed by atoms with E-state index in [1.165, 1.54) is 0 Å². The lowest BCUT2D eigenvalue weighted by atomic mass is 9.85. The Morgan fingerprint density at radius 2 is 0.895 bits per heavy atom. The van der Waals surface area contributed by atoms with Gasteiger partial charge in [0.1, 0.15) is 11.5 Å². The van der Waals surface area contributed by atoms with Crippen LogP contribution in [0.5, 0.6) is 11.5 Å². The van der Waals surface area contributed by atoms with E-state index < -0.39 is 0 Å². The number of rotatable bonds is 2. The van der Waals surface area contributed by atoms with Crippen LogP contribution in [0.25, 0.3) is 44.3 Å². The smallest absolute Gasteiger partial charge is 0.139 e. The van der Waals surface area contributed by atoms with Gasteiger partial charge in [0, 0.05) is 21.9 Å². The van der Waals surface area contributed by atoms with Crippen LogP contribution in [-0.2, 0) is 10.8 Å². The van der Waals surface area contributed by atoms with Crippen LogP contribution in [0.1, 0.15) is 52.7 Å². The second kappa shape index (κ2) is 9.35. The van der Waals surface area contributed by atoms with Crippen molar-refractivity contribution >= 4 is 53.7 Å². The third-order valence-corrected chi connectivity index (χ3v) is 8.14. The maximum atomic E-state index is 10.9. The first-order valence-electron chi connectivity index (χ1n) is 12.5. The first-order chi connectivity index (χ1) is 17.7. The fraction of sp³-hybridized carbons (Fsp3) is 0.250. The zero-order chi connectivity index (χ0) is 27.6. The van der Waals surface area contributed by atoms with Gasteiger partial charge < -0.3 is 10.2 Å². The molecular formula is C32H30Br2N2O2. The molecule has 0 radical (unpaired) electrons. The Bertz CT molecular complexity index is 1600. The number of aromatic hydroxyl groups is 2. The standard InChI is InChI=1S/C32H30Br2N2O2/c1-31(2,3)19-13-21(29(37)23(33)15-19)25-11-9-17-7-8-18-10-12-26(36-28(18)27(17)35-25)22-14-20(32(4,5)6)16-24(34)30(22)38/h7-16,37-38H,1-6H3. The van der Waals surface area contributed by atoms with Gasteiger partial charge in [-0.25, -0.2) is 9.97 Å². The highest BCUT2D eigenvalue weighted by Crippen LogP contribution is 2.42. The Balaban J connectivity index is 1.75. The fourth-order valence-electron chi connectivity index (χ4n) is 4.52.